The van der Waals surface area contributed by atoms with Gasteiger partial charge in [0.1, 0.15) is 6.26 Å². The molecule has 0 aliphatic carbocycles. The molecule has 126 valence electrons. The summed E-state index contributed by atoms with van der Waals surface area (Å²) in [7, 11) is 0. The fourth-order valence-electron chi connectivity index (χ4n) is 2.50. The van der Waals surface area contributed by atoms with Gasteiger partial charge in [0.2, 0.25) is 11.8 Å². The van der Waals surface area contributed by atoms with E-state index in [0.29, 0.717) is 25.3 Å². The van der Waals surface area contributed by atoms with Crippen molar-refractivity contribution in [1.82, 2.24) is 4.98 Å². The van der Waals surface area contributed by atoms with Crippen LogP contribution in [-0.2, 0) is 4.79 Å². The Balaban J connectivity index is 0.00000264. The Labute approximate surface area is 143 Å². The summed E-state index contributed by atoms with van der Waals surface area (Å²) in [6.45, 7) is 6.30. The zero-order valence-corrected chi connectivity index (χ0v) is 14.6. The number of hydrogen-bond acceptors (Lipinski definition) is 4. The van der Waals surface area contributed by atoms with Crippen LogP contribution in [0.2, 0.25) is 0 Å². The Morgan fingerprint density at radius 1 is 1.35 bits per heavy atom. The standard InChI is InChI=1S/C17H23N3O2.ClH/c1-4-17(5-2,11-18)16(21)20-13-7-6-12(3)14(10-13)15-19-8-9-22-15;/h6-10H,4-5,11,18H2,1-3H3,(H,20,21);1H. The summed E-state index contributed by atoms with van der Waals surface area (Å²) in [6, 6.07) is 5.70. The van der Waals surface area contributed by atoms with E-state index in [2.05, 4.69) is 10.3 Å². The first-order valence-corrected chi connectivity index (χ1v) is 7.58. The predicted molar refractivity (Wildman–Crippen MR) is 94.6 cm³/mol. The molecular weight excluding hydrogens is 314 g/mol. The molecule has 1 aromatic heterocycles. The Hall–Kier alpha value is -1.85. The van der Waals surface area contributed by atoms with E-state index in [1.54, 1.807) is 6.20 Å². The summed E-state index contributed by atoms with van der Waals surface area (Å²) in [5, 5.41) is 2.98. The van der Waals surface area contributed by atoms with E-state index in [0.717, 1.165) is 16.8 Å². The van der Waals surface area contributed by atoms with Crippen LogP contribution in [0, 0.1) is 12.3 Å². The topological polar surface area (TPSA) is 81.2 Å². The van der Waals surface area contributed by atoms with Gasteiger partial charge in [0, 0.05) is 17.8 Å². The Bertz CT molecular complexity index is 629. The summed E-state index contributed by atoms with van der Waals surface area (Å²) in [5.74, 6) is 0.506. The molecule has 0 unspecified atom stereocenters. The smallest absolute Gasteiger partial charge is 0.231 e. The molecule has 6 heteroatoms. The lowest BCUT2D eigenvalue weighted by molar-refractivity contribution is -0.125. The van der Waals surface area contributed by atoms with Crippen LogP contribution in [0.1, 0.15) is 32.3 Å². The van der Waals surface area contributed by atoms with Crippen molar-refractivity contribution in [3.05, 3.63) is 36.2 Å². The third-order valence-corrected chi connectivity index (χ3v) is 4.38. The van der Waals surface area contributed by atoms with E-state index in [1.807, 2.05) is 39.0 Å². The van der Waals surface area contributed by atoms with Gasteiger partial charge >= 0.3 is 0 Å². The van der Waals surface area contributed by atoms with Crippen LogP contribution < -0.4 is 11.1 Å². The Morgan fingerprint density at radius 3 is 2.57 bits per heavy atom. The molecule has 1 aromatic carbocycles. The van der Waals surface area contributed by atoms with E-state index in [-0.39, 0.29) is 18.3 Å². The molecule has 0 atom stereocenters. The molecule has 1 heterocycles. The maximum Gasteiger partial charge on any atom is 0.231 e. The second-order valence-electron chi connectivity index (χ2n) is 5.51. The number of benzene rings is 1. The summed E-state index contributed by atoms with van der Waals surface area (Å²) < 4.78 is 5.35. The molecule has 2 aromatic rings. The molecule has 23 heavy (non-hydrogen) atoms. The minimum absolute atomic E-state index is 0. The normalized spacial score (nSPS) is 11.0. The van der Waals surface area contributed by atoms with Crippen molar-refractivity contribution in [2.75, 3.05) is 11.9 Å². The largest absolute Gasteiger partial charge is 0.445 e. The number of nitrogens with two attached hydrogens (primary N) is 1. The molecule has 0 bridgehead atoms. The number of nitrogens with zero attached hydrogens (tertiary/aromatic N) is 1. The fourth-order valence-corrected chi connectivity index (χ4v) is 2.50. The molecule has 0 fully saturated rings. The first-order valence-electron chi connectivity index (χ1n) is 7.58. The minimum atomic E-state index is -0.520. The van der Waals surface area contributed by atoms with Crippen LogP contribution in [0.4, 0.5) is 5.69 Å². The lowest BCUT2D eigenvalue weighted by Crippen LogP contribution is -2.41. The van der Waals surface area contributed by atoms with Crippen molar-refractivity contribution in [2.45, 2.75) is 33.6 Å². The molecule has 1 amide bonds. The molecule has 3 N–H and O–H groups in total. The van der Waals surface area contributed by atoms with E-state index >= 15 is 0 Å². The van der Waals surface area contributed by atoms with Crippen molar-refractivity contribution in [3.63, 3.8) is 0 Å². The SMILES string of the molecule is CCC(CC)(CN)C(=O)Nc1ccc(C)c(-c2ncco2)c1.Cl. The van der Waals surface area contributed by atoms with Gasteiger partial charge < -0.3 is 15.5 Å². The molecular formula is C17H24ClN3O2. The molecule has 0 radical (unpaired) electrons. The molecule has 0 spiro atoms. The number of oxazole rings is 1. The second kappa shape index (κ2) is 8.13. The van der Waals surface area contributed by atoms with E-state index < -0.39 is 5.41 Å². The lowest BCUT2D eigenvalue weighted by Gasteiger charge is -2.28. The van der Waals surface area contributed by atoms with Gasteiger partial charge in [-0.2, -0.15) is 0 Å². The Morgan fingerprint density at radius 2 is 2.04 bits per heavy atom. The highest BCUT2D eigenvalue weighted by Gasteiger charge is 2.33. The maximum absolute atomic E-state index is 12.6. The number of amides is 1. The lowest BCUT2D eigenvalue weighted by atomic mass is 9.81. The summed E-state index contributed by atoms with van der Waals surface area (Å²) in [6.07, 6.45) is 4.57. The number of nitrogens with one attached hydrogen (secondary N) is 1. The summed E-state index contributed by atoms with van der Waals surface area (Å²) >= 11 is 0. The molecule has 5 nitrogen and oxygen atoms in total. The number of halogens is 1. The number of hydrogen-bond donors (Lipinski definition) is 2. The van der Waals surface area contributed by atoms with Crippen molar-refractivity contribution in [1.29, 1.82) is 0 Å². The van der Waals surface area contributed by atoms with E-state index in [4.69, 9.17) is 10.2 Å². The predicted octanol–water partition coefficient (Wildman–Crippen LogP) is 3.78. The first-order chi connectivity index (χ1) is 10.6. The van der Waals surface area contributed by atoms with Crippen molar-refractivity contribution >= 4 is 24.0 Å². The summed E-state index contributed by atoms with van der Waals surface area (Å²) in [5.41, 5.74) is 7.94. The number of aryl methyl sites for hydroxylation is 1. The zero-order chi connectivity index (χ0) is 16.2. The molecule has 0 saturated carbocycles. The molecule has 0 aliphatic rings. The first kappa shape index (κ1) is 19.2. The van der Waals surface area contributed by atoms with Gasteiger partial charge in [0.25, 0.3) is 0 Å². The number of carbonyl (C=O) groups excluding carboxylic acids is 1. The van der Waals surface area contributed by atoms with Crippen LogP contribution in [-0.4, -0.2) is 17.4 Å². The number of anilines is 1. The maximum atomic E-state index is 12.6. The monoisotopic (exact) mass is 337 g/mol. The fraction of sp³-hybridized carbons (Fsp3) is 0.412. The quantitative estimate of drug-likeness (QED) is 0.840. The van der Waals surface area contributed by atoms with E-state index in [1.165, 1.54) is 6.26 Å². The van der Waals surface area contributed by atoms with Gasteiger partial charge in [-0.3, -0.25) is 4.79 Å². The third-order valence-electron chi connectivity index (χ3n) is 4.38. The highest BCUT2D eigenvalue weighted by atomic mass is 35.5. The van der Waals surface area contributed by atoms with Gasteiger partial charge in [-0.15, -0.1) is 12.4 Å². The number of carbonyl (C=O) groups is 1. The van der Waals surface area contributed by atoms with Crippen LogP contribution in [0.3, 0.4) is 0 Å². The average molecular weight is 338 g/mol. The number of aromatic nitrogens is 1. The van der Waals surface area contributed by atoms with Crippen LogP contribution in [0.25, 0.3) is 11.5 Å². The molecule has 0 aliphatic heterocycles. The second-order valence-corrected chi connectivity index (χ2v) is 5.51. The average Bonchev–Trinajstić information content (AvgIpc) is 3.06. The van der Waals surface area contributed by atoms with Crippen molar-refractivity contribution in [2.24, 2.45) is 11.1 Å². The highest BCUT2D eigenvalue weighted by Crippen LogP contribution is 2.29. The molecule has 2 rings (SSSR count). The summed E-state index contributed by atoms with van der Waals surface area (Å²) in [4.78, 5) is 16.7. The Kier molecular flexibility index (Phi) is 6.79. The van der Waals surface area contributed by atoms with Gasteiger partial charge in [-0.05, 0) is 37.5 Å². The number of rotatable bonds is 6. The highest BCUT2D eigenvalue weighted by molar-refractivity contribution is 5.96. The van der Waals surface area contributed by atoms with Crippen LogP contribution >= 0.6 is 12.4 Å². The van der Waals surface area contributed by atoms with Gasteiger partial charge in [0.15, 0.2) is 0 Å². The minimum Gasteiger partial charge on any atom is -0.445 e. The zero-order valence-electron chi connectivity index (χ0n) is 13.8. The van der Waals surface area contributed by atoms with Gasteiger partial charge in [-0.25, -0.2) is 4.98 Å². The van der Waals surface area contributed by atoms with E-state index in [9.17, 15) is 4.79 Å². The van der Waals surface area contributed by atoms with Gasteiger partial charge in [-0.1, -0.05) is 19.9 Å². The van der Waals surface area contributed by atoms with Crippen molar-refractivity contribution < 1.29 is 9.21 Å². The van der Waals surface area contributed by atoms with Gasteiger partial charge in [0.05, 0.1) is 11.6 Å². The van der Waals surface area contributed by atoms with Crippen LogP contribution in [0.5, 0.6) is 0 Å². The molecule has 0 saturated heterocycles. The van der Waals surface area contributed by atoms with Crippen molar-refractivity contribution in [3.8, 4) is 11.5 Å². The third kappa shape index (κ3) is 3.92. The van der Waals surface area contributed by atoms with Crippen LogP contribution in [0.15, 0.2) is 35.1 Å².